The highest BCUT2D eigenvalue weighted by atomic mass is 32.1. The van der Waals surface area contributed by atoms with E-state index in [4.69, 9.17) is 0 Å². The van der Waals surface area contributed by atoms with Gasteiger partial charge in [0.15, 0.2) is 11.6 Å². The number of amides is 1. The SMILES string of the molecule is O=C(c1ccc(F)c(F)c1)N1CCN(Cc2cccs2)CC1. The number of halogens is 2. The predicted molar refractivity (Wildman–Crippen MR) is 81.9 cm³/mol. The molecule has 0 spiro atoms. The van der Waals surface area contributed by atoms with Gasteiger partial charge in [0.1, 0.15) is 0 Å². The molecule has 3 nitrogen and oxygen atoms in total. The minimum absolute atomic E-state index is 0.200. The van der Waals surface area contributed by atoms with Crippen LogP contribution in [-0.2, 0) is 6.54 Å². The van der Waals surface area contributed by atoms with Crippen LogP contribution in [0.4, 0.5) is 8.78 Å². The van der Waals surface area contributed by atoms with Gasteiger partial charge in [-0.25, -0.2) is 8.78 Å². The van der Waals surface area contributed by atoms with Gasteiger partial charge < -0.3 is 4.90 Å². The smallest absolute Gasteiger partial charge is 0.254 e. The lowest BCUT2D eigenvalue weighted by Gasteiger charge is -2.34. The number of carbonyl (C=O) groups is 1. The topological polar surface area (TPSA) is 23.6 Å². The number of piperazine rings is 1. The predicted octanol–water partition coefficient (Wildman–Crippen LogP) is 2.98. The summed E-state index contributed by atoms with van der Waals surface area (Å²) in [6.45, 7) is 3.66. The molecule has 1 aromatic heterocycles. The van der Waals surface area contributed by atoms with Crippen LogP contribution in [0.25, 0.3) is 0 Å². The van der Waals surface area contributed by atoms with E-state index < -0.39 is 11.6 Å². The Labute approximate surface area is 131 Å². The van der Waals surface area contributed by atoms with Crippen LogP contribution < -0.4 is 0 Å². The highest BCUT2D eigenvalue weighted by Gasteiger charge is 2.23. The normalized spacial score (nSPS) is 16.0. The third-order valence-corrected chi connectivity index (χ3v) is 4.65. The Morgan fingerprint density at radius 3 is 2.50 bits per heavy atom. The molecule has 1 fully saturated rings. The molecule has 1 amide bonds. The van der Waals surface area contributed by atoms with Crippen LogP contribution in [0.15, 0.2) is 35.7 Å². The molecular formula is C16H16F2N2OS. The van der Waals surface area contributed by atoms with E-state index in [9.17, 15) is 13.6 Å². The zero-order chi connectivity index (χ0) is 15.5. The summed E-state index contributed by atoms with van der Waals surface area (Å²) >= 11 is 1.72. The maximum absolute atomic E-state index is 13.2. The van der Waals surface area contributed by atoms with Crippen LogP contribution in [0, 0.1) is 11.6 Å². The van der Waals surface area contributed by atoms with Gasteiger partial charge in [0.2, 0.25) is 0 Å². The molecule has 0 unspecified atom stereocenters. The van der Waals surface area contributed by atoms with Crippen LogP contribution in [-0.4, -0.2) is 41.9 Å². The summed E-state index contributed by atoms with van der Waals surface area (Å²) in [6, 6.07) is 7.43. The Kier molecular flexibility index (Phi) is 4.49. The summed E-state index contributed by atoms with van der Waals surface area (Å²) in [6.07, 6.45) is 0. The standard InChI is InChI=1S/C16H16F2N2OS/c17-14-4-3-12(10-15(14)18)16(21)20-7-5-19(6-8-20)11-13-2-1-9-22-13/h1-4,9-10H,5-8,11H2. The molecular weight excluding hydrogens is 306 g/mol. The maximum atomic E-state index is 13.2. The van der Waals surface area contributed by atoms with E-state index in [2.05, 4.69) is 16.3 Å². The minimum Gasteiger partial charge on any atom is -0.336 e. The molecule has 116 valence electrons. The van der Waals surface area contributed by atoms with Crippen molar-refractivity contribution < 1.29 is 13.6 Å². The average Bonchev–Trinajstić information content (AvgIpc) is 3.03. The molecule has 6 heteroatoms. The van der Waals surface area contributed by atoms with Crippen molar-refractivity contribution in [3.63, 3.8) is 0 Å². The molecule has 0 saturated carbocycles. The molecule has 0 atom stereocenters. The number of carbonyl (C=O) groups excluding carboxylic acids is 1. The molecule has 2 aromatic rings. The molecule has 0 radical (unpaired) electrons. The fourth-order valence-electron chi connectivity index (χ4n) is 2.54. The number of benzene rings is 1. The first-order valence-electron chi connectivity index (χ1n) is 7.12. The summed E-state index contributed by atoms with van der Waals surface area (Å²) < 4.78 is 26.2. The Bertz CT molecular complexity index is 652. The van der Waals surface area contributed by atoms with Crippen molar-refractivity contribution in [2.45, 2.75) is 6.54 Å². The zero-order valence-electron chi connectivity index (χ0n) is 12.0. The van der Waals surface area contributed by atoms with E-state index >= 15 is 0 Å². The Morgan fingerprint density at radius 2 is 1.86 bits per heavy atom. The van der Waals surface area contributed by atoms with Crippen molar-refractivity contribution in [3.05, 3.63) is 57.8 Å². The van der Waals surface area contributed by atoms with Crippen molar-refractivity contribution in [3.8, 4) is 0 Å². The van der Waals surface area contributed by atoms with Gasteiger partial charge in [0.05, 0.1) is 0 Å². The minimum atomic E-state index is -0.984. The first-order chi connectivity index (χ1) is 10.6. The van der Waals surface area contributed by atoms with Gasteiger partial charge in [0.25, 0.3) is 5.91 Å². The molecule has 3 rings (SSSR count). The highest BCUT2D eigenvalue weighted by Crippen LogP contribution is 2.16. The van der Waals surface area contributed by atoms with E-state index in [-0.39, 0.29) is 11.5 Å². The van der Waals surface area contributed by atoms with Crippen molar-refractivity contribution in [1.82, 2.24) is 9.80 Å². The average molecular weight is 322 g/mol. The van der Waals surface area contributed by atoms with Gasteiger partial charge in [-0.15, -0.1) is 11.3 Å². The molecule has 1 saturated heterocycles. The number of rotatable bonds is 3. The summed E-state index contributed by atoms with van der Waals surface area (Å²) in [5.41, 5.74) is 0.200. The first-order valence-corrected chi connectivity index (χ1v) is 8.00. The van der Waals surface area contributed by atoms with E-state index in [1.807, 2.05) is 6.07 Å². The van der Waals surface area contributed by atoms with Gasteiger partial charge in [0, 0.05) is 43.2 Å². The summed E-state index contributed by atoms with van der Waals surface area (Å²) in [7, 11) is 0. The molecule has 0 bridgehead atoms. The second-order valence-corrected chi connectivity index (χ2v) is 6.31. The molecule has 1 aromatic carbocycles. The van der Waals surface area contributed by atoms with Gasteiger partial charge in [-0.2, -0.15) is 0 Å². The molecule has 2 heterocycles. The number of thiophene rings is 1. The second-order valence-electron chi connectivity index (χ2n) is 5.28. The van der Waals surface area contributed by atoms with Gasteiger partial charge >= 0.3 is 0 Å². The van der Waals surface area contributed by atoms with Crippen molar-refractivity contribution in [2.75, 3.05) is 26.2 Å². The van der Waals surface area contributed by atoms with Crippen LogP contribution in [0.5, 0.6) is 0 Å². The van der Waals surface area contributed by atoms with Crippen molar-refractivity contribution >= 4 is 17.2 Å². The Balaban J connectivity index is 1.58. The second kappa shape index (κ2) is 6.54. The van der Waals surface area contributed by atoms with E-state index in [0.717, 1.165) is 31.8 Å². The lowest BCUT2D eigenvalue weighted by atomic mass is 10.1. The molecule has 22 heavy (non-hydrogen) atoms. The monoisotopic (exact) mass is 322 g/mol. The lowest BCUT2D eigenvalue weighted by Crippen LogP contribution is -2.48. The van der Waals surface area contributed by atoms with Crippen LogP contribution in [0.2, 0.25) is 0 Å². The van der Waals surface area contributed by atoms with Crippen molar-refractivity contribution in [1.29, 1.82) is 0 Å². The number of nitrogens with zero attached hydrogens (tertiary/aromatic N) is 2. The molecule has 0 N–H and O–H groups in total. The van der Waals surface area contributed by atoms with Crippen LogP contribution in [0.3, 0.4) is 0 Å². The molecule has 1 aliphatic heterocycles. The Morgan fingerprint density at radius 1 is 1.09 bits per heavy atom. The third kappa shape index (κ3) is 3.34. The Hall–Kier alpha value is -1.79. The fourth-order valence-corrected chi connectivity index (χ4v) is 3.29. The van der Waals surface area contributed by atoms with Gasteiger partial charge in [-0.1, -0.05) is 6.07 Å². The molecule has 1 aliphatic rings. The van der Waals surface area contributed by atoms with Crippen LogP contribution >= 0.6 is 11.3 Å². The zero-order valence-corrected chi connectivity index (χ0v) is 12.8. The quantitative estimate of drug-likeness (QED) is 0.867. The lowest BCUT2D eigenvalue weighted by molar-refractivity contribution is 0.0629. The van der Waals surface area contributed by atoms with Gasteiger partial charge in [-0.3, -0.25) is 9.69 Å². The van der Waals surface area contributed by atoms with E-state index in [1.54, 1.807) is 16.2 Å². The first kappa shape index (κ1) is 15.1. The largest absolute Gasteiger partial charge is 0.336 e. The summed E-state index contributed by atoms with van der Waals surface area (Å²) in [4.78, 5) is 17.6. The highest BCUT2D eigenvalue weighted by molar-refractivity contribution is 7.09. The maximum Gasteiger partial charge on any atom is 0.254 e. The van der Waals surface area contributed by atoms with E-state index in [1.165, 1.54) is 10.9 Å². The third-order valence-electron chi connectivity index (χ3n) is 3.79. The van der Waals surface area contributed by atoms with Gasteiger partial charge in [-0.05, 0) is 29.6 Å². The van der Waals surface area contributed by atoms with Crippen molar-refractivity contribution in [2.24, 2.45) is 0 Å². The number of hydrogen-bond acceptors (Lipinski definition) is 3. The summed E-state index contributed by atoms with van der Waals surface area (Å²) in [5, 5.41) is 2.05. The molecule has 0 aliphatic carbocycles. The number of hydrogen-bond donors (Lipinski definition) is 0. The van der Waals surface area contributed by atoms with E-state index in [0.29, 0.717) is 13.1 Å². The fraction of sp³-hybridized carbons (Fsp3) is 0.312. The summed E-state index contributed by atoms with van der Waals surface area (Å²) in [5.74, 6) is -2.16. The van der Waals surface area contributed by atoms with Crippen LogP contribution in [0.1, 0.15) is 15.2 Å².